The lowest BCUT2D eigenvalue weighted by molar-refractivity contribution is -0.868. The molecule has 2 heterocycles. The summed E-state index contributed by atoms with van der Waals surface area (Å²) >= 11 is 0. The maximum Gasteiger partial charge on any atom is 0.411 e. The Labute approximate surface area is 186 Å². The Morgan fingerprint density at radius 3 is 2.06 bits per heavy atom. The predicted molar refractivity (Wildman–Crippen MR) is 116 cm³/mol. The van der Waals surface area contributed by atoms with Gasteiger partial charge in [0, 0.05) is 33.4 Å². The van der Waals surface area contributed by atoms with Crippen LogP contribution in [0.1, 0.15) is 41.4 Å². The van der Waals surface area contributed by atoms with Gasteiger partial charge in [-0.25, -0.2) is 14.5 Å². The molecular weight excluding hydrogens is 424 g/mol. The summed E-state index contributed by atoms with van der Waals surface area (Å²) in [5.74, 6) is -3.48. The van der Waals surface area contributed by atoms with Crippen LogP contribution in [0.15, 0.2) is 85.2 Å². The number of hydrogen-bond donors (Lipinski definition) is 1. The second-order valence-corrected chi connectivity index (χ2v) is 7.31. The van der Waals surface area contributed by atoms with Gasteiger partial charge in [0.1, 0.15) is 0 Å². The highest BCUT2D eigenvalue weighted by Crippen LogP contribution is 2.34. The number of aromatic carboxylic acids is 1. The van der Waals surface area contributed by atoms with Crippen molar-refractivity contribution in [2.75, 3.05) is 4.90 Å². The van der Waals surface area contributed by atoms with Gasteiger partial charge in [0.15, 0.2) is 0 Å². The van der Waals surface area contributed by atoms with E-state index in [1.54, 1.807) is 54.6 Å². The molecule has 0 unspecified atom stereocenters. The second kappa shape index (κ2) is 7.69. The lowest BCUT2D eigenvalue weighted by Crippen LogP contribution is -2.45. The smallest absolute Gasteiger partial charge is 0.411 e. The Morgan fingerprint density at radius 2 is 1.45 bits per heavy atom. The zero-order valence-corrected chi connectivity index (χ0v) is 17.0. The number of benzene rings is 3. The number of carbonyl (C=O) groups excluding carboxylic acids is 3. The van der Waals surface area contributed by atoms with Gasteiger partial charge >= 0.3 is 11.9 Å². The molecular formula is C25H15N2O6+. The Bertz CT molecular complexity index is 1430. The van der Waals surface area contributed by atoms with Gasteiger partial charge in [-0.3, -0.25) is 9.59 Å². The molecule has 33 heavy (non-hydrogen) atoms. The first-order valence-electron chi connectivity index (χ1n) is 9.92. The summed E-state index contributed by atoms with van der Waals surface area (Å²) in [6.45, 7) is 0. The lowest BCUT2D eigenvalue weighted by atomic mass is 9.93. The summed E-state index contributed by atoms with van der Waals surface area (Å²) in [5, 5.41) is 10.9. The van der Waals surface area contributed by atoms with Gasteiger partial charge in [-0.1, -0.05) is 30.3 Å². The second-order valence-electron chi connectivity index (χ2n) is 7.31. The molecule has 8 heteroatoms. The van der Waals surface area contributed by atoms with Crippen LogP contribution in [0.2, 0.25) is 0 Å². The van der Waals surface area contributed by atoms with E-state index in [2.05, 4.69) is 0 Å². The third-order valence-corrected chi connectivity index (χ3v) is 5.35. The fourth-order valence-corrected chi connectivity index (χ4v) is 3.87. The number of nitrogens with zero attached hydrogens (tertiary/aromatic N) is 2. The molecule has 0 atom stereocenters. The van der Waals surface area contributed by atoms with Crippen LogP contribution in [0.25, 0.3) is 10.8 Å². The molecule has 1 N–H and O–H groups in total. The summed E-state index contributed by atoms with van der Waals surface area (Å²) in [6.07, 6.45) is 3.03. The van der Waals surface area contributed by atoms with Gasteiger partial charge < -0.3 is 5.11 Å². The Balaban J connectivity index is 1.63. The van der Waals surface area contributed by atoms with Crippen LogP contribution in [0, 0.1) is 0 Å². The quantitative estimate of drug-likeness (QED) is 0.387. The largest absolute Gasteiger partial charge is 0.478 e. The van der Waals surface area contributed by atoms with Crippen molar-refractivity contribution in [2.24, 2.45) is 0 Å². The third-order valence-electron chi connectivity index (χ3n) is 5.35. The summed E-state index contributed by atoms with van der Waals surface area (Å²) in [7, 11) is 0. The highest BCUT2D eigenvalue weighted by Gasteiger charge is 2.36. The highest BCUT2D eigenvalue weighted by molar-refractivity contribution is 6.36. The van der Waals surface area contributed by atoms with Crippen molar-refractivity contribution in [2.45, 2.75) is 0 Å². The molecule has 1 aliphatic rings. The number of aromatic nitrogens is 1. The summed E-state index contributed by atoms with van der Waals surface area (Å²) in [4.78, 5) is 57.3. The normalized spacial score (nSPS) is 12.7. The van der Waals surface area contributed by atoms with E-state index in [0.717, 1.165) is 10.3 Å². The van der Waals surface area contributed by atoms with E-state index in [4.69, 9.17) is 4.84 Å². The van der Waals surface area contributed by atoms with Crippen molar-refractivity contribution in [3.8, 4) is 0 Å². The van der Waals surface area contributed by atoms with Gasteiger partial charge in [0.25, 0.3) is 11.8 Å². The van der Waals surface area contributed by atoms with E-state index in [1.165, 1.54) is 35.3 Å². The molecule has 5 rings (SSSR count). The molecule has 0 saturated heterocycles. The Kier molecular flexibility index (Phi) is 4.68. The van der Waals surface area contributed by atoms with Crippen LogP contribution >= 0.6 is 0 Å². The number of hydrogen-bond acceptors (Lipinski definition) is 5. The van der Waals surface area contributed by atoms with Crippen molar-refractivity contribution in [1.29, 1.82) is 0 Å². The molecule has 3 aromatic carbocycles. The van der Waals surface area contributed by atoms with E-state index in [-0.39, 0.29) is 27.9 Å². The minimum Gasteiger partial charge on any atom is -0.478 e. The van der Waals surface area contributed by atoms with Crippen molar-refractivity contribution in [1.82, 2.24) is 0 Å². The average molecular weight is 439 g/mol. The van der Waals surface area contributed by atoms with Crippen molar-refractivity contribution >= 4 is 40.2 Å². The zero-order valence-electron chi connectivity index (χ0n) is 17.0. The zero-order chi connectivity index (χ0) is 23.1. The number of carboxylic acids is 1. The number of carbonyl (C=O) groups is 4. The summed E-state index contributed by atoms with van der Waals surface area (Å²) in [5.41, 5.74) is 0.00595. The standard InChI is InChI=1S/C25H14N2O6/c28-22-18-8-4-6-15-7-5-9-19(21(15)18)23(29)27(22)20-14-16(10-11-17(20)24(30)31)25(32)33-26-12-2-1-3-13-26/h1-14H/p+1. The molecule has 0 spiro atoms. The van der Waals surface area contributed by atoms with Gasteiger partial charge in [-0.05, 0) is 35.7 Å². The molecule has 0 radical (unpaired) electrons. The van der Waals surface area contributed by atoms with Gasteiger partial charge in [0.05, 0.1) is 16.8 Å². The Morgan fingerprint density at radius 1 is 0.818 bits per heavy atom. The first-order valence-corrected chi connectivity index (χ1v) is 9.92. The molecule has 0 aliphatic carbocycles. The Hall–Kier alpha value is -4.85. The van der Waals surface area contributed by atoms with E-state index >= 15 is 0 Å². The maximum absolute atomic E-state index is 13.4. The van der Waals surface area contributed by atoms with E-state index < -0.39 is 23.8 Å². The minimum atomic E-state index is -1.35. The fourth-order valence-electron chi connectivity index (χ4n) is 3.87. The SMILES string of the molecule is O=C(O[n+]1ccccc1)c1ccc(C(=O)O)c(N2C(=O)c3cccc4cccc(c34)C2=O)c1. The molecule has 2 amide bonds. The van der Waals surface area contributed by atoms with Crippen LogP contribution in [-0.4, -0.2) is 28.9 Å². The molecule has 0 fully saturated rings. The van der Waals surface area contributed by atoms with Crippen molar-refractivity contribution in [3.05, 3.63) is 107 Å². The average Bonchev–Trinajstić information content (AvgIpc) is 2.83. The molecule has 1 aliphatic heterocycles. The molecule has 0 saturated carbocycles. The van der Waals surface area contributed by atoms with Crippen LogP contribution in [0.5, 0.6) is 0 Å². The van der Waals surface area contributed by atoms with Crippen molar-refractivity contribution in [3.63, 3.8) is 0 Å². The van der Waals surface area contributed by atoms with E-state index in [1.807, 2.05) is 0 Å². The third kappa shape index (κ3) is 3.30. The number of carboxylic acid groups (broad SMARTS) is 1. The minimum absolute atomic E-state index is 0.0241. The monoisotopic (exact) mass is 439 g/mol. The molecule has 0 bridgehead atoms. The molecule has 1 aromatic heterocycles. The number of rotatable bonds is 4. The predicted octanol–water partition coefficient (Wildman–Crippen LogP) is 2.90. The molecule has 8 nitrogen and oxygen atoms in total. The number of imide groups is 1. The van der Waals surface area contributed by atoms with Crippen LogP contribution in [0.4, 0.5) is 5.69 Å². The van der Waals surface area contributed by atoms with Gasteiger partial charge in [-0.2, -0.15) is 4.84 Å². The first-order chi connectivity index (χ1) is 16.0. The fraction of sp³-hybridized carbons (Fsp3) is 0. The first kappa shape index (κ1) is 20.1. The highest BCUT2D eigenvalue weighted by atomic mass is 16.7. The van der Waals surface area contributed by atoms with Crippen LogP contribution < -0.4 is 14.5 Å². The maximum atomic E-state index is 13.4. The van der Waals surface area contributed by atoms with E-state index in [0.29, 0.717) is 5.39 Å². The number of anilines is 1. The number of amides is 2. The van der Waals surface area contributed by atoms with E-state index in [9.17, 15) is 24.3 Å². The van der Waals surface area contributed by atoms with Gasteiger partial charge in [0.2, 0.25) is 12.4 Å². The van der Waals surface area contributed by atoms with Gasteiger partial charge in [-0.15, -0.1) is 0 Å². The van der Waals surface area contributed by atoms with Crippen LogP contribution in [0.3, 0.4) is 0 Å². The topological polar surface area (TPSA) is 105 Å². The lowest BCUT2D eigenvalue weighted by Gasteiger charge is -2.28. The van der Waals surface area contributed by atoms with Crippen molar-refractivity contribution < 1.29 is 33.9 Å². The van der Waals surface area contributed by atoms with Crippen LogP contribution in [-0.2, 0) is 0 Å². The molecule has 160 valence electrons. The molecule has 4 aromatic rings. The summed E-state index contributed by atoms with van der Waals surface area (Å²) < 4.78 is 1.18. The number of pyridine rings is 1. The summed E-state index contributed by atoms with van der Waals surface area (Å²) in [6, 6.07) is 18.8.